The van der Waals surface area contributed by atoms with Crippen LogP contribution in [0.15, 0.2) is 15.2 Å². The fraction of sp³-hybridized carbons (Fsp3) is 0.556. The van der Waals surface area contributed by atoms with Crippen LogP contribution >= 0.6 is 27.3 Å². The second-order valence-electron chi connectivity index (χ2n) is 3.09. The molecule has 0 spiro atoms. The van der Waals surface area contributed by atoms with E-state index in [1.807, 2.05) is 0 Å². The molecule has 0 aliphatic heterocycles. The van der Waals surface area contributed by atoms with Gasteiger partial charge in [0.2, 0.25) is 0 Å². The smallest absolute Gasteiger partial charge is 0.0340 e. The van der Waals surface area contributed by atoms with E-state index in [0.717, 1.165) is 10.9 Å². The molecular weight excluding hydrogens is 234 g/mol. The SMILES string of the molecule is CCC(C)C(N)c1cscc1Br. The Hall–Kier alpha value is 0.140. The van der Waals surface area contributed by atoms with Crippen molar-refractivity contribution >= 4 is 27.3 Å². The Balaban J connectivity index is 2.77. The summed E-state index contributed by atoms with van der Waals surface area (Å²) in [5.41, 5.74) is 7.32. The molecule has 3 heteroatoms. The molecule has 0 bridgehead atoms. The van der Waals surface area contributed by atoms with Crippen LogP contribution in [0, 0.1) is 5.92 Å². The van der Waals surface area contributed by atoms with E-state index >= 15 is 0 Å². The minimum Gasteiger partial charge on any atom is -0.324 e. The maximum atomic E-state index is 6.07. The maximum Gasteiger partial charge on any atom is 0.0340 e. The average molecular weight is 248 g/mol. The van der Waals surface area contributed by atoms with E-state index in [4.69, 9.17) is 5.73 Å². The number of hydrogen-bond donors (Lipinski definition) is 1. The van der Waals surface area contributed by atoms with Crippen LogP contribution in [0.25, 0.3) is 0 Å². The standard InChI is InChI=1S/C9H14BrNS/c1-3-6(2)9(11)7-4-12-5-8(7)10/h4-6,9H,3,11H2,1-2H3. The quantitative estimate of drug-likeness (QED) is 0.869. The van der Waals surface area contributed by atoms with Crippen molar-refractivity contribution in [2.24, 2.45) is 11.7 Å². The molecule has 0 aliphatic carbocycles. The lowest BCUT2D eigenvalue weighted by Crippen LogP contribution is -2.18. The highest BCUT2D eigenvalue weighted by atomic mass is 79.9. The van der Waals surface area contributed by atoms with Gasteiger partial charge in [0.25, 0.3) is 0 Å². The second kappa shape index (κ2) is 4.40. The van der Waals surface area contributed by atoms with Crippen molar-refractivity contribution in [2.75, 3.05) is 0 Å². The van der Waals surface area contributed by atoms with Crippen LogP contribution in [-0.2, 0) is 0 Å². The van der Waals surface area contributed by atoms with Gasteiger partial charge in [-0.05, 0) is 32.8 Å². The van der Waals surface area contributed by atoms with Gasteiger partial charge in [-0.15, -0.1) is 0 Å². The summed E-state index contributed by atoms with van der Waals surface area (Å²) in [4.78, 5) is 0. The number of thiophene rings is 1. The van der Waals surface area contributed by atoms with Gasteiger partial charge in [0.05, 0.1) is 0 Å². The molecule has 0 aliphatic rings. The number of halogens is 1. The molecule has 1 aromatic heterocycles. The Morgan fingerprint density at radius 3 is 2.67 bits per heavy atom. The monoisotopic (exact) mass is 247 g/mol. The van der Waals surface area contributed by atoms with Gasteiger partial charge in [-0.1, -0.05) is 20.3 Å². The van der Waals surface area contributed by atoms with Gasteiger partial charge >= 0.3 is 0 Å². The minimum absolute atomic E-state index is 0.177. The first-order chi connectivity index (χ1) is 5.66. The molecule has 0 saturated carbocycles. The Labute approximate surface area is 86.1 Å². The molecule has 12 heavy (non-hydrogen) atoms. The van der Waals surface area contributed by atoms with E-state index in [0.29, 0.717) is 5.92 Å². The van der Waals surface area contributed by atoms with Gasteiger partial charge in [-0.25, -0.2) is 0 Å². The summed E-state index contributed by atoms with van der Waals surface area (Å²) in [7, 11) is 0. The Morgan fingerprint density at radius 1 is 1.58 bits per heavy atom. The number of hydrogen-bond acceptors (Lipinski definition) is 2. The Kier molecular flexibility index (Phi) is 3.75. The summed E-state index contributed by atoms with van der Waals surface area (Å²) in [6.45, 7) is 4.36. The van der Waals surface area contributed by atoms with E-state index < -0.39 is 0 Å². The van der Waals surface area contributed by atoms with Crippen molar-refractivity contribution in [1.29, 1.82) is 0 Å². The van der Waals surface area contributed by atoms with Crippen LogP contribution in [0.1, 0.15) is 31.9 Å². The molecule has 1 rings (SSSR count). The predicted molar refractivity (Wildman–Crippen MR) is 58.4 cm³/mol. The van der Waals surface area contributed by atoms with Crippen LogP contribution < -0.4 is 5.73 Å². The molecule has 1 heterocycles. The third kappa shape index (κ3) is 2.09. The van der Waals surface area contributed by atoms with E-state index in [1.165, 1.54) is 5.56 Å². The molecule has 1 aromatic rings. The third-order valence-electron chi connectivity index (χ3n) is 2.26. The zero-order valence-electron chi connectivity index (χ0n) is 7.38. The molecular formula is C9H14BrNS. The fourth-order valence-electron chi connectivity index (χ4n) is 1.09. The average Bonchev–Trinajstić information content (AvgIpc) is 2.48. The normalized spacial score (nSPS) is 16.0. The molecule has 2 unspecified atom stereocenters. The van der Waals surface area contributed by atoms with Crippen molar-refractivity contribution in [3.8, 4) is 0 Å². The molecule has 0 radical (unpaired) electrons. The predicted octanol–water partition coefficient (Wildman–Crippen LogP) is 3.56. The first-order valence-electron chi connectivity index (χ1n) is 4.14. The summed E-state index contributed by atoms with van der Waals surface area (Å²) in [5.74, 6) is 0.552. The number of rotatable bonds is 3. The van der Waals surface area contributed by atoms with Crippen LogP contribution in [0.3, 0.4) is 0 Å². The highest BCUT2D eigenvalue weighted by Crippen LogP contribution is 2.30. The van der Waals surface area contributed by atoms with E-state index in [-0.39, 0.29) is 6.04 Å². The van der Waals surface area contributed by atoms with E-state index in [1.54, 1.807) is 11.3 Å². The molecule has 2 N–H and O–H groups in total. The van der Waals surface area contributed by atoms with E-state index in [9.17, 15) is 0 Å². The number of nitrogens with two attached hydrogens (primary N) is 1. The molecule has 0 amide bonds. The zero-order valence-corrected chi connectivity index (χ0v) is 9.78. The van der Waals surface area contributed by atoms with Crippen molar-refractivity contribution in [3.63, 3.8) is 0 Å². The van der Waals surface area contributed by atoms with Gasteiger partial charge in [0.15, 0.2) is 0 Å². The van der Waals surface area contributed by atoms with Gasteiger partial charge < -0.3 is 5.73 Å². The lowest BCUT2D eigenvalue weighted by molar-refractivity contribution is 0.456. The molecule has 2 atom stereocenters. The largest absolute Gasteiger partial charge is 0.324 e. The summed E-state index contributed by atoms with van der Waals surface area (Å²) in [5, 5.41) is 4.21. The highest BCUT2D eigenvalue weighted by Gasteiger charge is 2.15. The molecule has 68 valence electrons. The van der Waals surface area contributed by atoms with Crippen LogP contribution in [0.2, 0.25) is 0 Å². The molecule has 0 aromatic carbocycles. The third-order valence-corrected chi connectivity index (χ3v) is 4.01. The first kappa shape index (κ1) is 10.2. The van der Waals surface area contributed by atoms with Crippen LogP contribution in [0.4, 0.5) is 0 Å². The summed E-state index contributed by atoms with van der Waals surface area (Å²) < 4.78 is 1.15. The molecule has 0 fully saturated rings. The van der Waals surface area contributed by atoms with Crippen molar-refractivity contribution in [2.45, 2.75) is 26.3 Å². The summed E-state index contributed by atoms with van der Waals surface area (Å²) in [6, 6.07) is 0.177. The Bertz CT molecular complexity index is 246. The lowest BCUT2D eigenvalue weighted by Gasteiger charge is -2.17. The van der Waals surface area contributed by atoms with Crippen LogP contribution in [0.5, 0.6) is 0 Å². The Morgan fingerprint density at radius 2 is 2.25 bits per heavy atom. The lowest BCUT2D eigenvalue weighted by atomic mass is 9.95. The van der Waals surface area contributed by atoms with Crippen molar-refractivity contribution < 1.29 is 0 Å². The van der Waals surface area contributed by atoms with Gasteiger partial charge in [0.1, 0.15) is 0 Å². The second-order valence-corrected chi connectivity index (χ2v) is 4.68. The van der Waals surface area contributed by atoms with E-state index in [2.05, 4.69) is 40.5 Å². The van der Waals surface area contributed by atoms with Gasteiger partial charge in [-0.3, -0.25) is 0 Å². The molecule has 0 saturated heterocycles. The van der Waals surface area contributed by atoms with Crippen molar-refractivity contribution in [3.05, 3.63) is 20.8 Å². The first-order valence-corrected chi connectivity index (χ1v) is 5.87. The molecule has 1 nitrogen and oxygen atoms in total. The topological polar surface area (TPSA) is 26.0 Å². The maximum absolute atomic E-state index is 6.07. The highest BCUT2D eigenvalue weighted by molar-refractivity contribution is 9.10. The zero-order chi connectivity index (χ0) is 9.14. The van der Waals surface area contributed by atoms with Crippen LogP contribution in [-0.4, -0.2) is 0 Å². The summed E-state index contributed by atoms with van der Waals surface area (Å²) in [6.07, 6.45) is 1.13. The van der Waals surface area contributed by atoms with Crippen molar-refractivity contribution in [1.82, 2.24) is 0 Å². The fourth-order valence-corrected chi connectivity index (χ4v) is 2.70. The summed E-state index contributed by atoms with van der Waals surface area (Å²) >= 11 is 5.19. The van der Waals surface area contributed by atoms with Gasteiger partial charge in [0, 0.05) is 15.9 Å². The minimum atomic E-state index is 0.177. The van der Waals surface area contributed by atoms with Gasteiger partial charge in [-0.2, -0.15) is 11.3 Å².